The van der Waals surface area contributed by atoms with Crippen molar-refractivity contribution in [2.75, 3.05) is 0 Å². The number of amides is 1. The Bertz CT molecular complexity index is 867. The minimum Gasteiger partial charge on any atom is -0.350 e. The number of benzene rings is 2. The molecule has 1 heterocycles. The molecule has 0 fully saturated rings. The summed E-state index contributed by atoms with van der Waals surface area (Å²) in [5, 5.41) is 14.6. The highest BCUT2D eigenvalue weighted by Gasteiger charge is 2.11. The molecule has 0 spiro atoms. The van der Waals surface area contributed by atoms with Crippen molar-refractivity contribution in [1.82, 2.24) is 25.5 Å². The van der Waals surface area contributed by atoms with E-state index in [9.17, 15) is 9.18 Å². The molecule has 0 aliphatic heterocycles. The monoisotopic (exact) mass is 389 g/mol. The number of nitrogens with zero attached hydrogens (tertiary/aromatic N) is 4. The Morgan fingerprint density at radius 2 is 1.92 bits per heavy atom. The Balaban J connectivity index is 1.62. The first-order valence-corrected chi connectivity index (χ1v) is 7.95. The maximum absolute atomic E-state index is 13.5. The highest BCUT2D eigenvalue weighted by atomic mass is 79.9. The summed E-state index contributed by atoms with van der Waals surface area (Å²) in [5.41, 5.74) is 1.21. The largest absolute Gasteiger partial charge is 0.350 e. The lowest BCUT2D eigenvalue weighted by molar-refractivity contribution is -0.122. The van der Waals surface area contributed by atoms with Gasteiger partial charge in [0.1, 0.15) is 12.4 Å². The second-order valence-corrected chi connectivity index (χ2v) is 5.85. The molecule has 1 amide bonds. The third-order valence-corrected chi connectivity index (χ3v) is 3.98. The van der Waals surface area contributed by atoms with Crippen LogP contribution < -0.4 is 5.32 Å². The smallest absolute Gasteiger partial charge is 0.243 e. The van der Waals surface area contributed by atoms with Crippen LogP contribution in [0, 0.1) is 5.82 Å². The first-order chi connectivity index (χ1) is 11.6. The summed E-state index contributed by atoms with van der Waals surface area (Å²) >= 11 is 3.42. The molecule has 1 N–H and O–H groups in total. The summed E-state index contributed by atoms with van der Waals surface area (Å²) < 4.78 is 14.3. The van der Waals surface area contributed by atoms with E-state index in [4.69, 9.17) is 0 Å². The van der Waals surface area contributed by atoms with Crippen LogP contribution >= 0.6 is 15.9 Å². The van der Waals surface area contributed by atoms with Gasteiger partial charge < -0.3 is 5.32 Å². The van der Waals surface area contributed by atoms with Crippen LogP contribution in [0.15, 0.2) is 53.0 Å². The van der Waals surface area contributed by atoms with Gasteiger partial charge in [0, 0.05) is 22.1 Å². The topological polar surface area (TPSA) is 72.7 Å². The highest BCUT2D eigenvalue weighted by molar-refractivity contribution is 9.10. The van der Waals surface area contributed by atoms with Gasteiger partial charge in [-0.15, -0.1) is 10.2 Å². The van der Waals surface area contributed by atoms with E-state index in [0.29, 0.717) is 11.4 Å². The molecule has 0 aliphatic rings. The molecular formula is C16H13BrFN5O. The van der Waals surface area contributed by atoms with E-state index >= 15 is 0 Å². The summed E-state index contributed by atoms with van der Waals surface area (Å²) in [7, 11) is 0. The molecule has 0 saturated carbocycles. The molecule has 2 aromatic carbocycles. The lowest BCUT2D eigenvalue weighted by Crippen LogP contribution is -2.28. The number of aromatic nitrogens is 4. The van der Waals surface area contributed by atoms with Crippen LogP contribution in [0.5, 0.6) is 0 Å². The van der Waals surface area contributed by atoms with E-state index in [2.05, 4.69) is 36.7 Å². The van der Waals surface area contributed by atoms with Gasteiger partial charge >= 0.3 is 0 Å². The molecule has 0 unspecified atom stereocenters. The van der Waals surface area contributed by atoms with Crippen molar-refractivity contribution in [2.45, 2.75) is 13.1 Å². The number of hydrogen-bond donors (Lipinski definition) is 1. The Kier molecular flexibility index (Phi) is 4.95. The van der Waals surface area contributed by atoms with Gasteiger partial charge in [-0.25, -0.2) is 4.39 Å². The van der Waals surface area contributed by atoms with Crippen LogP contribution in [0.4, 0.5) is 4.39 Å². The molecular weight excluding hydrogens is 377 g/mol. The van der Waals surface area contributed by atoms with E-state index in [1.807, 2.05) is 24.3 Å². The molecule has 122 valence electrons. The Hall–Kier alpha value is -2.61. The third kappa shape index (κ3) is 3.83. The number of hydrogen-bond acceptors (Lipinski definition) is 4. The third-order valence-electron chi connectivity index (χ3n) is 3.29. The lowest BCUT2D eigenvalue weighted by Gasteiger charge is -2.05. The van der Waals surface area contributed by atoms with E-state index in [0.717, 1.165) is 10.0 Å². The van der Waals surface area contributed by atoms with Gasteiger partial charge in [-0.3, -0.25) is 4.79 Å². The number of rotatable bonds is 5. The fraction of sp³-hybridized carbons (Fsp3) is 0.125. The molecule has 0 saturated heterocycles. The zero-order valence-corrected chi connectivity index (χ0v) is 14.1. The second-order valence-electron chi connectivity index (χ2n) is 4.99. The molecule has 3 aromatic rings. The van der Waals surface area contributed by atoms with Crippen LogP contribution in [0.2, 0.25) is 0 Å². The average molecular weight is 390 g/mol. The van der Waals surface area contributed by atoms with Crippen LogP contribution in [-0.4, -0.2) is 26.1 Å². The second kappa shape index (κ2) is 7.31. The fourth-order valence-electron chi connectivity index (χ4n) is 2.08. The number of tetrazole rings is 1. The quantitative estimate of drug-likeness (QED) is 0.727. The van der Waals surface area contributed by atoms with Crippen molar-refractivity contribution in [2.24, 2.45) is 0 Å². The van der Waals surface area contributed by atoms with E-state index in [1.165, 1.54) is 10.9 Å². The van der Waals surface area contributed by atoms with Crippen molar-refractivity contribution < 1.29 is 9.18 Å². The van der Waals surface area contributed by atoms with Gasteiger partial charge in [0.15, 0.2) is 0 Å². The van der Waals surface area contributed by atoms with E-state index < -0.39 is 0 Å². The number of carbonyl (C=O) groups is 1. The molecule has 6 nitrogen and oxygen atoms in total. The van der Waals surface area contributed by atoms with Crippen LogP contribution in [0.1, 0.15) is 5.56 Å². The molecule has 0 radical (unpaired) electrons. The first-order valence-electron chi connectivity index (χ1n) is 7.16. The average Bonchev–Trinajstić information content (AvgIpc) is 3.03. The van der Waals surface area contributed by atoms with E-state index in [-0.39, 0.29) is 24.8 Å². The minimum atomic E-state index is -0.354. The molecule has 3 rings (SSSR count). The maximum atomic E-state index is 13.5. The maximum Gasteiger partial charge on any atom is 0.243 e. The molecule has 1 aromatic heterocycles. The molecule has 0 atom stereocenters. The first kappa shape index (κ1) is 16.3. The zero-order valence-electron chi connectivity index (χ0n) is 12.5. The zero-order chi connectivity index (χ0) is 16.9. The van der Waals surface area contributed by atoms with Gasteiger partial charge in [-0.05, 0) is 23.4 Å². The summed E-state index contributed by atoms with van der Waals surface area (Å²) in [6.07, 6.45) is 0. The van der Waals surface area contributed by atoms with Crippen LogP contribution in [0.3, 0.4) is 0 Å². The number of nitrogens with one attached hydrogen (secondary N) is 1. The summed E-state index contributed by atoms with van der Waals surface area (Å²) in [4.78, 5) is 13.1. The molecule has 0 aliphatic carbocycles. The predicted octanol–water partition coefficient (Wildman–Crippen LogP) is 2.56. The number of carbonyl (C=O) groups excluding carboxylic acids is 1. The van der Waals surface area contributed by atoms with Gasteiger partial charge in [-0.2, -0.15) is 4.80 Å². The van der Waals surface area contributed by atoms with Crippen molar-refractivity contribution in [3.63, 3.8) is 0 Å². The Labute approximate surface area is 145 Å². The van der Waals surface area contributed by atoms with Crippen molar-refractivity contribution >= 4 is 21.8 Å². The molecule has 24 heavy (non-hydrogen) atoms. The van der Waals surface area contributed by atoms with Crippen LogP contribution in [-0.2, 0) is 17.9 Å². The lowest BCUT2D eigenvalue weighted by atomic mass is 10.2. The van der Waals surface area contributed by atoms with Gasteiger partial charge in [-0.1, -0.05) is 46.3 Å². The summed E-state index contributed by atoms with van der Waals surface area (Å²) in [6, 6.07) is 13.8. The van der Waals surface area contributed by atoms with Gasteiger partial charge in [0.2, 0.25) is 11.7 Å². The molecule has 0 bridgehead atoms. The van der Waals surface area contributed by atoms with Crippen molar-refractivity contribution in [3.05, 3.63) is 64.4 Å². The highest BCUT2D eigenvalue weighted by Crippen LogP contribution is 2.24. The standard InChI is InChI=1S/C16H13BrFN5O/c17-13-7-3-2-6-12(13)16-20-22-23(21-16)10-15(24)19-9-11-5-1-4-8-14(11)18/h1-8H,9-10H2,(H,19,24). The van der Waals surface area contributed by atoms with Gasteiger partial charge in [0.05, 0.1) is 0 Å². The Morgan fingerprint density at radius 3 is 2.71 bits per heavy atom. The minimum absolute atomic E-state index is 0.0914. The molecule has 8 heteroatoms. The number of halogens is 2. The van der Waals surface area contributed by atoms with E-state index in [1.54, 1.807) is 18.2 Å². The van der Waals surface area contributed by atoms with Crippen molar-refractivity contribution in [3.8, 4) is 11.4 Å². The van der Waals surface area contributed by atoms with Gasteiger partial charge in [0.25, 0.3) is 0 Å². The summed E-state index contributed by atoms with van der Waals surface area (Å²) in [6.45, 7) is 0.0171. The Morgan fingerprint density at radius 1 is 1.17 bits per heavy atom. The fourth-order valence-corrected chi connectivity index (χ4v) is 2.54. The van der Waals surface area contributed by atoms with Crippen molar-refractivity contribution in [1.29, 1.82) is 0 Å². The summed E-state index contributed by atoms with van der Waals surface area (Å²) in [5.74, 6) is -0.258. The normalized spacial score (nSPS) is 10.6. The van der Waals surface area contributed by atoms with Crippen LogP contribution in [0.25, 0.3) is 11.4 Å². The predicted molar refractivity (Wildman–Crippen MR) is 89.2 cm³/mol. The SMILES string of the molecule is O=C(Cn1nnc(-c2ccccc2Br)n1)NCc1ccccc1F.